The summed E-state index contributed by atoms with van der Waals surface area (Å²) in [6, 6.07) is 15.8. The summed E-state index contributed by atoms with van der Waals surface area (Å²) >= 11 is 1.45. The van der Waals surface area contributed by atoms with Crippen molar-refractivity contribution in [3.8, 4) is 10.6 Å². The number of piperidine rings is 2. The molecule has 2 atom stereocenters. The molecule has 12 heteroatoms. The van der Waals surface area contributed by atoms with Crippen molar-refractivity contribution in [3.05, 3.63) is 99.4 Å². The van der Waals surface area contributed by atoms with Gasteiger partial charge in [0.15, 0.2) is 0 Å². The van der Waals surface area contributed by atoms with Crippen molar-refractivity contribution in [2.75, 3.05) is 26.2 Å². The molecule has 2 amide bonds. The fourth-order valence-electron chi connectivity index (χ4n) is 7.60. The number of rotatable bonds is 7. The van der Waals surface area contributed by atoms with E-state index in [1.165, 1.54) is 22.2 Å². The number of aromatic nitrogens is 5. The summed E-state index contributed by atoms with van der Waals surface area (Å²) in [4.78, 5) is 59.9. The average molecular weight is 692 g/mol. The van der Waals surface area contributed by atoms with Gasteiger partial charge in [-0.1, -0.05) is 30.3 Å². The van der Waals surface area contributed by atoms with E-state index in [-0.39, 0.29) is 35.8 Å². The molecular weight excluding hydrogens is 651 g/mol. The highest BCUT2D eigenvalue weighted by molar-refractivity contribution is 7.17. The number of carbonyl (C=O) groups excluding carboxylic acids is 2. The zero-order valence-corrected chi connectivity index (χ0v) is 29.2. The first-order valence-electron chi connectivity index (χ1n) is 17.5. The maximum atomic E-state index is 14.3. The van der Waals surface area contributed by atoms with Gasteiger partial charge in [-0.25, -0.2) is 9.97 Å². The number of amides is 2. The first-order chi connectivity index (χ1) is 24.2. The minimum atomic E-state index is -1.12. The average Bonchev–Trinajstić information content (AvgIpc) is 3.77. The predicted molar refractivity (Wildman–Crippen MR) is 191 cm³/mol. The fourth-order valence-corrected chi connectivity index (χ4v) is 8.71. The van der Waals surface area contributed by atoms with Crippen molar-refractivity contribution in [1.29, 1.82) is 0 Å². The van der Waals surface area contributed by atoms with Gasteiger partial charge in [0, 0.05) is 74.6 Å². The van der Waals surface area contributed by atoms with Gasteiger partial charge < -0.3 is 19.5 Å². The van der Waals surface area contributed by atoms with E-state index < -0.39 is 5.60 Å². The smallest absolute Gasteiger partial charge is 0.265 e. The highest BCUT2D eigenvalue weighted by Gasteiger charge is 2.43. The van der Waals surface area contributed by atoms with Gasteiger partial charge in [0.05, 0.1) is 23.2 Å². The van der Waals surface area contributed by atoms with E-state index in [0.29, 0.717) is 67.3 Å². The Balaban J connectivity index is 0.983. The Labute approximate surface area is 294 Å². The van der Waals surface area contributed by atoms with Gasteiger partial charge in [-0.15, -0.1) is 11.3 Å². The second kappa shape index (κ2) is 12.9. The molecule has 258 valence electrons. The van der Waals surface area contributed by atoms with Crippen LogP contribution >= 0.6 is 11.3 Å². The lowest BCUT2D eigenvalue weighted by atomic mass is 9.79. The largest absolute Gasteiger partial charge is 0.388 e. The lowest BCUT2D eigenvalue weighted by Gasteiger charge is -2.43. The lowest BCUT2D eigenvalue weighted by Crippen LogP contribution is -2.53. The fraction of sp³-hybridized carbons (Fsp3) is 0.421. The molecule has 50 heavy (non-hydrogen) atoms. The Bertz CT molecular complexity index is 2110. The quantitative estimate of drug-likeness (QED) is 0.261. The van der Waals surface area contributed by atoms with Gasteiger partial charge in [0.1, 0.15) is 21.9 Å². The van der Waals surface area contributed by atoms with E-state index in [4.69, 9.17) is 4.98 Å². The Hall–Kier alpha value is -4.68. The minimum absolute atomic E-state index is 0.0102. The van der Waals surface area contributed by atoms with Crippen LogP contribution in [0.2, 0.25) is 0 Å². The number of thiazole rings is 1. The first-order valence-corrected chi connectivity index (χ1v) is 18.3. The third kappa shape index (κ3) is 6.15. The third-order valence-corrected chi connectivity index (χ3v) is 11.8. The van der Waals surface area contributed by atoms with E-state index in [1.807, 2.05) is 72.4 Å². The number of aryl methyl sites for hydroxylation is 2. The number of hydrogen-bond acceptors (Lipinski definition) is 8. The second-order valence-corrected chi connectivity index (χ2v) is 15.2. The van der Waals surface area contributed by atoms with Crippen LogP contribution in [-0.2, 0) is 18.4 Å². The Morgan fingerprint density at radius 1 is 0.980 bits per heavy atom. The summed E-state index contributed by atoms with van der Waals surface area (Å²) in [6.45, 7) is 3.80. The molecule has 2 aliphatic heterocycles. The van der Waals surface area contributed by atoms with Crippen LogP contribution in [0.1, 0.15) is 70.6 Å². The molecule has 5 aromatic rings. The van der Waals surface area contributed by atoms with Crippen LogP contribution in [0.25, 0.3) is 21.6 Å². The van der Waals surface area contributed by atoms with Gasteiger partial charge in [-0.2, -0.15) is 0 Å². The molecular formula is C38H41N7O4S. The van der Waals surface area contributed by atoms with Crippen molar-refractivity contribution >= 4 is 34.2 Å². The van der Waals surface area contributed by atoms with Crippen LogP contribution in [-0.4, -0.2) is 82.6 Å². The summed E-state index contributed by atoms with van der Waals surface area (Å²) in [7, 11) is 1.84. The van der Waals surface area contributed by atoms with E-state index in [0.717, 1.165) is 40.4 Å². The summed E-state index contributed by atoms with van der Waals surface area (Å²) in [6.07, 6.45) is 8.48. The van der Waals surface area contributed by atoms with E-state index in [2.05, 4.69) is 9.97 Å². The highest BCUT2D eigenvalue weighted by Crippen LogP contribution is 2.45. The SMILES string of the molecule is Cc1ccc(-c2nc(C3CC3)c(C(=O)N3CC[C@@H](C(=O)N4CCC(O)(Cn5cnc6c(ccn6C)c5=O)CC4)[C@H](c4ccccc4)C3)s2)cn1. The van der Waals surface area contributed by atoms with Crippen LogP contribution in [0.4, 0.5) is 0 Å². The van der Waals surface area contributed by atoms with Crippen molar-refractivity contribution in [3.63, 3.8) is 0 Å². The number of aliphatic hydroxyl groups is 1. The standard InChI is InChI=1S/C38H41N7O4S/c1-24-8-9-27(20-39-24)34-41-31(26-10-11-26)32(50-34)37(48)44-17-13-28(30(21-44)25-6-4-3-5-7-25)35(46)43-18-14-38(49,15-19-43)22-45-23-40-33-29(36(45)47)12-16-42(33)2/h3-9,12,16,20,23,26,28,30,49H,10-11,13-15,17-19,21-22H2,1-2H3/t28-,30+/m1/s1. The number of hydrogen-bond donors (Lipinski definition) is 1. The van der Waals surface area contributed by atoms with Gasteiger partial charge in [-0.05, 0) is 62.8 Å². The molecule has 1 saturated carbocycles. The Kier molecular flexibility index (Phi) is 8.39. The third-order valence-electron chi connectivity index (χ3n) is 10.7. The molecule has 3 aliphatic rings. The summed E-state index contributed by atoms with van der Waals surface area (Å²) in [5, 5.41) is 12.9. The van der Waals surface area contributed by atoms with E-state index >= 15 is 0 Å². The first kappa shape index (κ1) is 32.5. The molecule has 1 N–H and O–H groups in total. The van der Waals surface area contributed by atoms with E-state index in [1.54, 1.807) is 16.8 Å². The maximum Gasteiger partial charge on any atom is 0.265 e. The molecule has 1 aromatic carbocycles. The van der Waals surface area contributed by atoms with E-state index in [9.17, 15) is 19.5 Å². The number of fused-ring (bicyclic) bond motifs is 1. The van der Waals surface area contributed by atoms with Crippen LogP contribution in [0.3, 0.4) is 0 Å². The highest BCUT2D eigenvalue weighted by atomic mass is 32.1. The van der Waals surface area contributed by atoms with Gasteiger partial charge in [-0.3, -0.25) is 23.9 Å². The molecule has 6 heterocycles. The Morgan fingerprint density at radius 2 is 1.76 bits per heavy atom. The number of carbonyl (C=O) groups is 2. The molecule has 0 unspecified atom stereocenters. The van der Waals surface area contributed by atoms with Gasteiger partial charge in [0.25, 0.3) is 11.5 Å². The molecule has 3 fully saturated rings. The molecule has 2 saturated heterocycles. The zero-order valence-electron chi connectivity index (χ0n) is 28.4. The number of pyridine rings is 1. The molecule has 4 aromatic heterocycles. The van der Waals surface area contributed by atoms with Crippen LogP contribution in [0.5, 0.6) is 0 Å². The Morgan fingerprint density at radius 3 is 2.48 bits per heavy atom. The summed E-state index contributed by atoms with van der Waals surface area (Å²) in [5.41, 5.74) is 3.10. The molecule has 8 rings (SSSR count). The number of nitrogens with zero attached hydrogens (tertiary/aromatic N) is 7. The van der Waals surface area contributed by atoms with Crippen LogP contribution < -0.4 is 5.56 Å². The van der Waals surface area contributed by atoms with Gasteiger partial charge in [0.2, 0.25) is 5.91 Å². The maximum absolute atomic E-state index is 14.3. The van der Waals surface area contributed by atoms with Gasteiger partial charge >= 0.3 is 0 Å². The topological polar surface area (TPSA) is 126 Å². The normalized spacial score (nSPS) is 20.7. The number of likely N-dealkylation sites (tertiary alicyclic amines) is 2. The van der Waals surface area contributed by atoms with Crippen LogP contribution in [0.15, 0.2) is 72.0 Å². The molecule has 0 spiro atoms. The minimum Gasteiger partial charge on any atom is -0.388 e. The predicted octanol–water partition coefficient (Wildman–Crippen LogP) is 4.74. The molecule has 0 bridgehead atoms. The van der Waals surface area contributed by atoms with Crippen LogP contribution in [0, 0.1) is 12.8 Å². The van der Waals surface area contributed by atoms with Crippen molar-refractivity contribution in [2.24, 2.45) is 13.0 Å². The zero-order chi connectivity index (χ0) is 34.6. The molecule has 1 aliphatic carbocycles. The molecule has 11 nitrogen and oxygen atoms in total. The monoisotopic (exact) mass is 691 g/mol. The molecule has 0 radical (unpaired) electrons. The van der Waals surface area contributed by atoms with Crippen molar-refractivity contribution in [2.45, 2.75) is 63.0 Å². The second-order valence-electron chi connectivity index (χ2n) is 14.3. The lowest BCUT2D eigenvalue weighted by molar-refractivity contribution is -0.142. The van der Waals surface area contributed by atoms with Crippen molar-refractivity contribution in [1.82, 2.24) is 33.9 Å². The summed E-state index contributed by atoms with van der Waals surface area (Å²) < 4.78 is 3.28. The summed E-state index contributed by atoms with van der Waals surface area (Å²) in [5.74, 6) is -0.0940. The van der Waals surface area contributed by atoms with Crippen molar-refractivity contribution < 1.29 is 14.7 Å². The number of benzene rings is 1.